The minimum atomic E-state index is 0.863. The van der Waals surface area contributed by atoms with E-state index in [2.05, 4.69) is 194 Å². The van der Waals surface area contributed by atoms with Gasteiger partial charge in [0.15, 0.2) is 0 Å². The lowest BCUT2D eigenvalue weighted by atomic mass is 9.90. The van der Waals surface area contributed by atoms with Crippen LogP contribution in [-0.2, 0) is 0 Å². The van der Waals surface area contributed by atoms with Gasteiger partial charge in [-0.25, -0.2) is 0 Å². The fourth-order valence-corrected chi connectivity index (χ4v) is 8.06. The smallest absolute Gasteiger partial charge is 0.135 e. The lowest BCUT2D eigenvalue weighted by Crippen LogP contribution is -1.92. The molecule has 0 amide bonds. The average molecular weight is 666 g/mol. The highest BCUT2D eigenvalue weighted by atomic mass is 16.5. The first-order valence-electron chi connectivity index (χ1n) is 17.9. The molecule has 52 heavy (non-hydrogen) atoms. The van der Waals surface area contributed by atoms with Gasteiger partial charge >= 0.3 is 0 Å². The summed E-state index contributed by atoms with van der Waals surface area (Å²) in [5.41, 5.74) is 17.9. The van der Waals surface area contributed by atoms with Crippen LogP contribution in [0.3, 0.4) is 0 Å². The zero-order chi connectivity index (χ0) is 34.8. The summed E-state index contributed by atoms with van der Waals surface area (Å²) in [7, 11) is 0. The number of fused-ring (bicyclic) bond motifs is 8. The molecular formula is C50H35NO. The molecule has 1 aromatic heterocycles. The molecule has 0 bridgehead atoms. The van der Waals surface area contributed by atoms with E-state index >= 15 is 0 Å². The first-order chi connectivity index (χ1) is 25.6. The highest BCUT2D eigenvalue weighted by molar-refractivity contribution is 6.10. The number of hydrogen-bond donors (Lipinski definition) is 0. The number of benzene rings is 8. The summed E-state index contributed by atoms with van der Waals surface area (Å²) in [6.45, 7) is 4.38. The maximum absolute atomic E-state index is 6.77. The Balaban J connectivity index is 1.08. The maximum Gasteiger partial charge on any atom is 0.135 e. The number of hydrogen-bond acceptors (Lipinski definition) is 1. The normalized spacial score (nSPS) is 11.8. The van der Waals surface area contributed by atoms with Crippen LogP contribution in [-0.4, -0.2) is 4.57 Å². The van der Waals surface area contributed by atoms with Gasteiger partial charge in [0.05, 0.1) is 11.0 Å². The second-order valence-electron chi connectivity index (χ2n) is 13.8. The minimum Gasteiger partial charge on any atom is -0.456 e. The van der Waals surface area contributed by atoms with Gasteiger partial charge < -0.3 is 9.30 Å². The first kappa shape index (κ1) is 30.2. The molecule has 0 fully saturated rings. The number of aromatic nitrogens is 1. The van der Waals surface area contributed by atoms with Crippen LogP contribution in [0.4, 0.5) is 0 Å². The number of para-hydroxylation sites is 2. The van der Waals surface area contributed by atoms with Gasteiger partial charge in [0.25, 0.3) is 0 Å². The summed E-state index contributed by atoms with van der Waals surface area (Å²) < 4.78 is 9.13. The quantitative estimate of drug-likeness (QED) is 0.182. The Morgan fingerprint density at radius 2 is 0.846 bits per heavy atom. The SMILES string of the molecule is Cc1ccccc1-c1cc(-c2ccc3c(c2)-c2ccccc2-c2cc(-c4ccc5c(c4)c4ccccc4n5-c4ccccc4)ccc2O3)ccc1C. The van der Waals surface area contributed by atoms with Gasteiger partial charge in [-0.15, -0.1) is 0 Å². The van der Waals surface area contributed by atoms with E-state index in [1.807, 2.05) is 0 Å². The molecule has 0 atom stereocenters. The molecule has 2 nitrogen and oxygen atoms in total. The van der Waals surface area contributed by atoms with E-state index in [1.54, 1.807) is 0 Å². The van der Waals surface area contributed by atoms with Crippen molar-refractivity contribution in [3.8, 4) is 72.8 Å². The Morgan fingerprint density at radius 1 is 0.346 bits per heavy atom. The van der Waals surface area contributed by atoms with Crippen molar-refractivity contribution < 1.29 is 4.74 Å². The highest BCUT2D eigenvalue weighted by Gasteiger charge is 2.22. The zero-order valence-electron chi connectivity index (χ0n) is 29.1. The third-order valence-electron chi connectivity index (χ3n) is 10.7. The van der Waals surface area contributed by atoms with E-state index in [0.29, 0.717) is 0 Å². The van der Waals surface area contributed by atoms with Crippen molar-refractivity contribution in [3.05, 3.63) is 187 Å². The van der Waals surface area contributed by atoms with Crippen LogP contribution in [0, 0.1) is 13.8 Å². The van der Waals surface area contributed by atoms with Crippen molar-refractivity contribution in [2.24, 2.45) is 0 Å². The summed E-state index contributed by atoms with van der Waals surface area (Å²) in [5.74, 6) is 1.73. The predicted octanol–water partition coefficient (Wildman–Crippen LogP) is 13.8. The van der Waals surface area contributed by atoms with Gasteiger partial charge in [-0.1, -0.05) is 115 Å². The van der Waals surface area contributed by atoms with Crippen molar-refractivity contribution in [2.75, 3.05) is 0 Å². The molecule has 0 spiro atoms. The Morgan fingerprint density at radius 3 is 1.54 bits per heavy atom. The van der Waals surface area contributed by atoms with Gasteiger partial charge in [-0.3, -0.25) is 0 Å². The lowest BCUT2D eigenvalue weighted by Gasteiger charge is -2.14. The van der Waals surface area contributed by atoms with Crippen LogP contribution in [0.1, 0.15) is 11.1 Å². The van der Waals surface area contributed by atoms with Gasteiger partial charge in [-0.05, 0) is 130 Å². The standard InChI is InChI=1S/C50H35NO/c1-32-12-6-7-15-39(32)43-28-34(21-20-33(43)2)36-23-26-49-45(30-36)40-16-8-9-17-41(40)46-31-37(24-27-50(46)52-49)35-22-25-48-44(29-35)42-18-10-11-19-47(42)51(48)38-13-4-3-5-14-38/h3-31H,1-2H3. The van der Waals surface area contributed by atoms with E-state index in [1.165, 1.54) is 71.9 Å². The van der Waals surface area contributed by atoms with Crippen molar-refractivity contribution in [1.29, 1.82) is 0 Å². The van der Waals surface area contributed by atoms with Crippen LogP contribution >= 0.6 is 0 Å². The van der Waals surface area contributed by atoms with Crippen molar-refractivity contribution in [2.45, 2.75) is 13.8 Å². The molecule has 0 N–H and O–H groups in total. The molecule has 0 unspecified atom stereocenters. The molecule has 2 heteroatoms. The molecule has 0 radical (unpaired) electrons. The fraction of sp³-hybridized carbons (Fsp3) is 0.0400. The summed E-state index contributed by atoms with van der Waals surface area (Å²) in [5, 5.41) is 2.49. The molecule has 8 aromatic carbocycles. The van der Waals surface area contributed by atoms with Crippen LogP contribution in [0.25, 0.3) is 83.1 Å². The molecule has 1 aliphatic rings. The second kappa shape index (κ2) is 12.0. The summed E-state index contributed by atoms with van der Waals surface area (Å²) in [6.07, 6.45) is 0. The fourth-order valence-electron chi connectivity index (χ4n) is 8.06. The summed E-state index contributed by atoms with van der Waals surface area (Å²) in [6, 6.07) is 63.5. The topological polar surface area (TPSA) is 14.2 Å². The van der Waals surface area contributed by atoms with E-state index in [-0.39, 0.29) is 0 Å². The molecule has 1 aliphatic heterocycles. The van der Waals surface area contributed by atoms with Gasteiger partial charge in [0.1, 0.15) is 11.5 Å². The summed E-state index contributed by atoms with van der Waals surface area (Å²) >= 11 is 0. The number of nitrogens with zero attached hydrogens (tertiary/aromatic N) is 1. The Bertz CT molecular complexity index is 2840. The zero-order valence-corrected chi connectivity index (χ0v) is 29.1. The molecule has 0 saturated heterocycles. The third kappa shape index (κ3) is 4.87. The third-order valence-corrected chi connectivity index (χ3v) is 10.7. The Labute approximate surface area is 303 Å². The van der Waals surface area contributed by atoms with E-state index < -0.39 is 0 Å². The Kier molecular flexibility index (Phi) is 6.97. The van der Waals surface area contributed by atoms with Gasteiger partial charge in [0, 0.05) is 27.6 Å². The van der Waals surface area contributed by atoms with Crippen molar-refractivity contribution in [1.82, 2.24) is 4.57 Å². The summed E-state index contributed by atoms with van der Waals surface area (Å²) in [4.78, 5) is 0. The molecule has 10 rings (SSSR count). The van der Waals surface area contributed by atoms with Crippen LogP contribution in [0.2, 0.25) is 0 Å². The average Bonchev–Trinajstić information content (AvgIpc) is 3.45. The minimum absolute atomic E-state index is 0.863. The van der Waals surface area contributed by atoms with E-state index in [0.717, 1.165) is 33.9 Å². The van der Waals surface area contributed by atoms with Gasteiger partial charge in [0.2, 0.25) is 0 Å². The molecule has 9 aromatic rings. The number of aryl methyl sites for hydroxylation is 2. The molecule has 0 aliphatic carbocycles. The van der Waals surface area contributed by atoms with E-state index in [9.17, 15) is 0 Å². The molecule has 246 valence electrons. The largest absolute Gasteiger partial charge is 0.456 e. The Hall–Kier alpha value is -6.64. The van der Waals surface area contributed by atoms with Crippen molar-refractivity contribution in [3.63, 3.8) is 0 Å². The monoisotopic (exact) mass is 665 g/mol. The van der Waals surface area contributed by atoms with E-state index in [4.69, 9.17) is 4.74 Å². The second-order valence-corrected chi connectivity index (χ2v) is 13.8. The number of rotatable bonds is 4. The molecular weight excluding hydrogens is 631 g/mol. The highest BCUT2D eigenvalue weighted by Crippen LogP contribution is 2.49. The predicted molar refractivity (Wildman–Crippen MR) is 218 cm³/mol. The first-order valence-corrected chi connectivity index (χ1v) is 17.9. The van der Waals surface area contributed by atoms with Crippen LogP contribution < -0.4 is 4.74 Å². The maximum atomic E-state index is 6.77. The molecule has 0 saturated carbocycles. The van der Waals surface area contributed by atoms with Crippen LogP contribution in [0.5, 0.6) is 11.5 Å². The van der Waals surface area contributed by atoms with Gasteiger partial charge in [-0.2, -0.15) is 0 Å². The van der Waals surface area contributed by atoms with Crippen molar-refractivity contribution >= 4 is 21.8 Å². The lowest BCUT2D eigenvalue weighted by molar-refractivity contribution is 0.488. The van der Waals surface area contributed by atoms with Crippen LogP contribution in [0.15, 0.2) is 176 Å². The number of ether oxygens (including phenoxy) is 1. The molecule has 2 heterocycles.